The van der Waals surface area contributed by atoms with Gasteiger partial charge in [0.15, 0.2) is 0 Å². The van der Waals surface area contributed by atoms with Gasteiger partial charge in [-0.05, 0) is 36.4 Å². The zero-order chi connectivity index (χ0) is 21.6. The number of carbonyl (C=O) groups is 1. The largest absolute Gasteiger partial charge is 0.271 e. The Kier molecular flexibility index (Phi) is 7.25. The number of hydrazone groups is 1. The molecule has 6 nitrogen and oxygen atoms in total. The van der Waals surface area contributed by atoms with Gasteiger partial charge in [-0.2, -0.15) is 5.10 Å². The van der Waals surface area contributed by atoms with Gasteiger partial charge in [0, 0.05) is 15.1 Å². The van der Waals surface area contributed by atoms with Gasteiger partial charge in [0.05, 0.1) is 16.8 Å². The quantitative estimate of drug-likeness (QED) is 0.380. The average Bonchev–Trinajstić information content (AvgIpc) is 2.74. The number of hydrogen-bond acceptors (Lipinski definition) is 4. The first-order valence-corrected chi connectivity index (χ1v) is 11.4. The number of sulfonamides is 1. The number of amides is 1. The van der Waals surface area contributed by atoms with Crippen LogP contribution in [0.4, 0.5) is 5.69 Å². The van der Waals surface area contributed by atoms with Gasteiger partial charge in [0.25, 0.3) is 15.9 Å². The summed E-state index contributed by atoms with van der Waals surface area (Å²) in [6.45, 7) is -0.467. The minimum atomic E-state index is -4.00. The Bertz CT molecular complexity index is 1170. The normalized spacial score (nSPS) is 11.4. The van der Waals surface area contributed by atoms with Crippen molar-refractivity contribution in [2.24, 2.45) is 5.10 Å². The lowest BCUT2D eigenvalue weighted by molar-refractivity contribution is -0.119. The molecule has 3 rings (SSSR count). The van der Waals surface area contributed by atoms with Crippen LogP contribution in [0, 0.1) is 0 Å². The summed E-state index contributed by atoms with van der Waals surface area (Å²) < 4.78 is 28.2. The van der Waals surface area contributed by atoms with Crippen LogP contribution in [0.1, 0.15) is 5.56 Å². The van der Waals surface area contributed by atoms with Crippen molar-refractivity contribution in [3.8, 4) is 0 Å². The highest BCUT2D eigenvalue weighted by atomic mass is 79.9. The molecule has 0 aliphatic rings. The first kappa shape index (κ1) is 22.0. The second kappa shape index (κ2) is 9.88. The summed E-state index contributed by atoms with van der Waals surface area (Å²) in [7, 11) is -4.00. The highest BCUT2D eigenvalue weighted by molar-refractivity contribution is 9.10. The zero-order valence-electron chi connectivity index (χ0n) is 15.6. The van der Waals surface area contributed by atoms with Gasteiger partial charge in [-0.3, -0.25) is 9.10 Å². The van der Waals surface area contributed by atoms with E-state index in [1.165, 1.54) is 24.4 Å². The molecule has 0 aliphatic heterocycles. The Hall–Kier alpha value is -2.68. The van der Waals surface area contributed by atoms with Crippen LogP contribution < -0.4 is 9.73 Å². The van der Waals surface area contributed by atoms with Crippen LogP contribution in [0.5, 0.6) is 0 Å². The number of rotatable bonds is 7. The Morgan fingerprint density at radius 3 is 2.43 bits per heavy atom. The van der Waals surface area contributed by atoms with E-state index in [2.05, 4.69) is 26.5 Å². The summed E-state index contributed by atoms with van der Waals surface area (Å²) in [5.41, 5.74) is 3.41. The van der Waals surface area contributed by atoms with Gasteiger partial charge >= 0.3 is 0 Å². The molecule has 30 heavy (non-hydrogen) atoms. The fraction of sp³-hybridized carbons (Fsp3) is 0.0476. The predicted octanol–water partition coefficient (Wildman–Crippen LogP) is 4.45. The molecule has 1 amide bonds. The van der Waals surface area contributed by atoms with Crippen LogP contribution in [0.2, 0.25) is 5.02 Å². The first-order valence-electron chi connectivity index (χ1n) is 8.78. The molecule has 0 saturated carbocycles. The van der Waals surface area contributed by atoms with E-state index in [0.29, 0.717) is 5.02 Å². The van der Waals surface area contributed by atoms with Crippen molar-refractivity contribution in [2.75, 3.05) is 10.8 Å². The maximum Gasteiger partial charge on any atom is 0.264 e. The topological polar surface area (TPSA) is 78.8 Å². The van der Waals surface area contributed by atoms with Crippen molar-refractivity contribution in [3.05, 3.63) is 93.9 Å². The maximum absolute atomic E-state index is 13.2. The van der Waals surface area contributed by atoms with Crippen molar-refractivity contribution in [2.45, 2.75) is 4.90 Å². The second-order valence-corrected chi connectivity index (χ2v) is 9.27. The van der Waals surface area contributed by atoms with Gasteiger partial charge in [0.2, 0.25) is 0 Å². The molecule has 0 atom stereocenters. The standard InChI is InChI=1S/C21H17BrClN3O3S/c22-20-12-5-4-7-16(20)14-24-25-21(27)15-26(18-9-6-8-17(23)13-18)30(28,29)19-10-2-1-3-11-19/h1-14H,15H2,(H,25,27)/b24-14-. The molecular formula is C21H17BrClN3O3S. The van der Waals surface area contributed by atoms with Crippen LogP contribution in [-0.4, -0.2) is 27.1 Å². The van der Waals surface area contributed by atoms with Crippen LogP contribution >= 0.6 is 27.5 Å². The molecule has 3 aromatic rings. The lowest BCUT2D eigenvalue weighted by Crippen LogP contribution is -2.39. The summed E-state index contributed by atoms with van der Waals surface area (Å²) >= 11 is 9.43. The maximum atomic E-state index is 13.2. The molecule has 0 aromatic heterocycles. The first-order chi connectivity index (χ1) is 14.4. The second-order valence-electron chi connectivity index (χ2n) is 6.12. The molecule has 154 valence electrons. The Labute approximate surface area is 188 Å². The number of anilines is 1. The fourth-order valence-electron chi connectivity index (χ4n) is 2.59. The molecule has 3 aromatic carbocycles. The highest BCUT2D eigenvalue weighted by Crippen LogP contribution is 2.25. The smallest absolute Gasteiger partial charge is 0.264 e. The van der Waals surface area contributed by atoms with Crippen molar-refractivity contribution >= 4 is 55.4 Å². The van der Waals surface area contributed by atoms with E-state index in [9.17, 15) is 13.2 Å². The molecule has 1 N–H and O–H groups in total. The molecular weight excluding hydrogens is 490 g/mol. The third-order valence-corrected chi connectivity index (χ3v) is 6.76. The Balaban J connectivity index is 1.84. The number of benzene rings is 3. The van der Waals surface area contributed by atoms with Crippen molar-refractivity contribution < 1.29 is 13.2 Å². The van der Waals surface area contributed by atoms with Gasteiger partial charge in [-0.15, -0.1) is 0 Å². The Morgan fingerprint density at radius 1 is 1.03 bits per heavy atom. The number of nitrogens with zero attached hydrogens (tertiary/aromatic N) is 2. The lowest BCUT2D eigenvalue weighted by atomic mass is 10.2. The van der Waals surface area contributed by atoms with Gasteiger partial charge < -0.3 is 0 Å². The van der Waals surface area contributed by atoms with Crippen molar-refractivity contribution in [1.82, 2.24) is 5.43 Å². The van der Waals surface area contributed by atoms with E-state index in [1.54, 1.807) is 36.4 Å². The van der Waals surface area contributed by atoms with E-state index in [1.807, 2.05) is 24.3 Å². The van der Waals surface area contributed by atoms with Gasteiger partial charge in [-0.1, -0.05) is 70.0 Å². The molecule has 0 heterocycles. The van der Waals surface area contributed by atoms with Crippen molar-refractivity contribution in [3.63, 3.8) is 0 Å². The fourth-order valence-corrected chi connectivity index (χ4v) is 4.59. The van der Waals surface area contributed by atoms with E-state index in [-0.39, 0.29) is 10.6 Å². The molecule has 9 heteroatoms. The molecule has 0 radical (unpaired) electrons. The van der Waals surface area contributed by atoms with Crippen LogP contribution in [-0.2, 0) is 14.8 Å². The summed E-state index contributed by atoms with van der Waals surface area (Å²) in [5.74, 6) is -0.599. The van der Waals surface area contributed by atoms with E-state index >= 15 is 0 Å². The summed E-state index contributed by atoms with van der Waals surface area (Å²) in [6, 6.07) is 21.5. The number of halogens is 2. The Morgan fingerprint density at radius 2 is 1.73 bits per heavy atom. The number of nitrogens with one attached hydrogen (secondary N) is 1. The highest BCUT2D eigenvalue weighted by Gasteiger charge is 2.27. The van der Waals surface area contributed by atoms with Gasteiger partial charge in [0.1, 0.15) is 6.54 Å². The molecule has 0 spiro atoms. The summed E-state index contributed by atoms with van der Waals surface area (Å²) in [5, 5.41) is 4.27. The molecule has 0 unspecified atom stereocenters. The summed E-state index contributed by atoms with van der Waals surface area (Å²) in [4.78, 5) is 12.6. The van der Waals surface area contributed by atoms with E-state index in [4.69, 9.17) is 11.6 Å². The number of hydrogen-bond donors (Lipinski definition) is 1. The molecule has 0 fully saturated rings. The van der Waals surface area contributed by atoms with E-state index < -0.39 is 22.5 Å². The third kappa shape index (κ3) is 5.47. The SMILES string of the molecule is O=C(CN(c1cccc(Cl)c1)S(=O)(=O)c1ccccc1)N/N=C\c1ccccc1Br. The zero-order valence-corrected chi connectivity index (χ0v) is 18.7. The lowest BCUT2D eigenvalue weighted by Gasteiger charge is -2.23. The van der Waals surface area contributed by atoms with Crippen LogP contribution in [0.25, 0.3) is 0 Å². The number of carbonyl (C=O) groups excluding carboxylic acids is 1. The molecule has 0 aliphatic carbocycles. The molecule has 0 saturated heterocycles. The summed E-state index contributed by atoms with van der Waals surface area (Å²) in [6.07, 6.45) is 1.47. The minimum Gasteiger partial charge on any atom is -0.271 e. The monoisotopic (exact) mass is 505 g/mol. The van der Waals surface area contributed by atoms with E-state index in [0.717, 1.165) is 14.3 Å². The van der Waals surface area contributed by atoms with Gasteiger partial charge in [-0.25, -0.2) is 13.8 Å². The average molecular weight is 507 g/mol. The van der Waals surface area contributed by atoms with Crippen LogP contribution in [0.3, 0.4) is 0 Å². The van der Waals surface area contributed by atoms with Crippen LogP contribution in [0.15, 0.2) is 93.3 Å². The predicted molar refractivity (Wildman–Crippen MR) is 122 cm³/mol. The minimum absolute atomic E-state index is 0.0643. The molecule has 0 bridgehead atoms. The van der Waals surface area contributed by atoms with Crippen molar-refractivity contribution in [1.29, 1.82) is 0 Å². The third-order valence-electron chi connectivity index (χ3n) is 4.01.